The number of nitrogens with one attached hydrogen (secondary N) is 1. The molecule has 5 heteroatoms. The number of rotatable bonds is 5. The lowest BCUT2D eigenvalue weighted by Gasteiger charge is -2.20. The molecule has 88 valence electrons. The molecule has 0 radical (unpaired) electrons. The van der Waals surface area contributed by atoms with Gasteiger partial charge >= 0.3 is 5.97 Å². The number of para-hydroxylation sites is 2. The SMILES string of the molecule is COc1ccccc1NCC(C)(O)C(=O)O. The lowest BCUT2D eigenvalue weighted by atomic mass is 10.1. The molecular formula is C11H15NO4. The minimum atomic E-state index is -1.80. The van der Waals surface area contributed by atoms with Gasteiger partial charge < -0.3 is 20.3 Å². The van der Waals surface area contributed by atoms with Crippen LogP contribution < -0.4 is 10.1 Å². The third kappa shape index (κ3) is 2.87. The molecule has 1 atom stereocenters. The van der Waals surface area contributed by atoms with E-state index in [9.17, 15) is 9.90 Å². The molecule has 1 aromatic rings. The summed E-state index contributed by atoms with van der Waals surface area (Å²) in [5.41, 5.74) is -1.16. The predicted molar refractivity (Wildman–Crippen MR) is 59.7 cm³/mol. The lowest BCUT2D eigenvalue weighted by molar-refractivity contribution is -0.155. The van der Waals surface area contributed by atoms with Crippen molar-refractivity contribution >= 4 is 11.7 Å². The number of aliphatic carboxylic acids is 1. The largest absolute Gasteiger partial charge is 0.495 e. The average Bonchev–Trinajstić information content (AvgIpc) is 2.26. The Bertz CT molecular complexity index is 376. The van der Waals surface area contributed by atoms with Crippen molar-refractivity contribution in [3.8, 4) is 5.75 Å². The Morgan fingerprint density at radius 3 is 2.69 bits per heavy atom. The quantitative estimate of drug-likeness (QED) is 0.695. The van der Waals surface area contributed by atoms with Crippen LogP contribution >= 0.6 is 0 Å². The predicted octanol–water partition coefficient (Wildman–Crippen LogP) is 0.943. The van der Waals surface area contributed by atoms with Gasteiger partial charge in [-0.05, 0) is 19.1 Å². The number of carboxylic acid groups (broad SMARTS) is 1. The van der Waals surface area contributed by atoms with Crippen molar-refractivity contribution in [3.05, 3.63) is 24.3 Å². The van der Waals surface area contributed by atoms with Crippen LogP contribution in [0.2, 0.25) is 0 Å². The van der Waals surface area contributed by atoms with E-state index in [0.29, 0.717) is 11.4 Å². The molecule has 1 aromatic carbocycles. The number of ether oxygens (including phenoxy) is 1. The molecule has 0 saturated heterocycles. The van der Waals surface area contributed by atoms with Crippen LogP contribution in [0.15, 0.2) is 24.3 Å². The van der Waals surface area contributed by atoms with Crippen LogP contribution in [-0.2, 0) is 4.79 Å². The second kappa shape index (κ2) is 4.85. The average molecular weight is 225 g/mol. The Kier molecular flexibility index (Phi) is 3.73. The molecule has 0 fully saturated rings. The normalized spacial score (nSPS) is 13.9. The summed E-state index contributed by atoms with van der Waals surface area (Å²) in [6, 6.07) is 7.09. The van der Waals surface area contributed by atoms with Crippen LogP contribution in [0.4, 0.5) is 5.69 Å². The molecule has 0 saturated carbocycles. The zero-order chi connectivity index (χ0) is 12.2. The van der Waals surface area contributed by atoms with Gasteiger partial charge in [0, 0.05) is 0 Å². The molecule has 0 aromatic heterocycles. The Hall–Kier alpha value is -1.75. The number of hydrogen-bond acceptors (Lipinski definition) is 4. The Balaban J connectivity index is 2.71. The maximum absolute atomic E-state index is 10.7. The summed E-state index contributed by atoms with van der Waals surface area (Å²) in [6.45, 7) is 1.14. The van der Waals surface area contributed by atoms with Gasteiger partial charge in [0.05, 0.1) is 19.3 Å². The van der Waals surface area contributed by atoms with Gasteiger partial charge in [-0.15, -0.1) is 0 Å². The van der Waals surface area contributed by atoms with Gasteiger partial charge in [-0.1, -0.05) is 12.1 Å². The molecule has 0 bridgehead atoms. The second-order valence-electron chi connectivity index (χ2n) is 3.63. The first-order chi connectivity index (χ1) is 7.47. The molecule has 16 heavy (non-hydrogen) atoms. The van der Waals surface area contributed by atoms with E-state index in [-0.39, 0.29) is 6.54 Å². The van der Waals surface area contributed by atoms with E-state index in [0.717, 1.165) is 0 Å². The molecule has 1 unspecified atom stereocenters. The van der Waals surface area contributed by atoms with Gasteiger partial charge in [-0.3, -0.25) is 0 Å². The van der Waals surface area contributed by atoms with Crippen molar-refractivity contribution in [2.24, 2.45) is 0 Å². The number of benzene rings is 1. The molecule has 0 aliphatic carbocycles. The summed E-state index contributed by atoms with van der Waals surface area (Å²) in [6.07, 6.45) is 0. The van der Waals surface area contributed by atoms with Crippen LogP contribution in [0.25, 0.3) is 0 Å². The molecule has 0 amide bonds. The zero-order valence-electron chi connectivity index (χ0n) is 9.23. The number of aliphatic hydroxyl groups is 1. The van der Waals surface area contributed by atoms with E-state index in [1.165, 1.54) is 14.0 Å². The van der Waals surface area contributed by atoms with Crippen LogP contribution in [-0.4, -0.2) is 35.4 Å². The first-order valence-corrected chi connectivity index (χ1v) is 4.80. The fourth-order valence-electron chi connectivity index (χ4n) is 1.13. The highest BCUT2D eigenvalue weighted by Crippen LogP contribution is 2.23. The van der Waals surface area contributed by atoms with Crippen LogP contribution in [0.3, 0.4) is 0 Å². The van der Waals surface area contributed by atoms with Gasteiger partial charge in [0.2, 0.25) is 0 Å². The van der Waals surface area contributed by atoms with E-state index in [2.05, 4.69) is 5.32 Å². The number of anilines is 1. The minimum Gasteiger partial charge on any atom is -0.495 e. The third-order valence-electron chi connectivity index (χ3n) is 2.19. The van der Waals surface area contributed by atoms with Crippen LogP contribution in [0.5, 0.6) is 5.75 Å². The first-order valence-electron chi connectivity index (χ1n) is 4.80. The zero-order valence-corrected chi connectivity index (χ0v) is 9.23. The fraction of sp³-hybridized carbons (Fsp3) is 0.364. The van der Waals surface area contributed by atoms with E-state index >= 15 is 0 Å². The molecule has 0 aliphatic heterocycles. The van der Waals surface area contributed by atoms with Crippen molar-refractivity contribution in [2.45, 2.75) is 12.5 Å². The summed E-state index contributed by atoms with van der Waals surface area (Å²) in [5.74, 6) is -0.668. The number of carboxylic acids is 1. The summed E-state index contributed by atoms with van der Waals surface area (Å²) in [4.78, 5) is 10.7. The van der Waals surface area contributed by atoms with Gasteiger partial charge in [0.1, 0.15) is 5.75 Å². The first kappa shape index (κ1) is 12.3. The topological polar surface area (TPSA) is 78.8 Å². The number of hydrogen-bond donors (Lipinski definition) is 3. The fourth-order valence-corrected chi connectivity index (χ4v) is 1.13. The second-order valence-corrected chi connectivity index (χ2v) is 3.63. The molecule has 5 nitrogen and oxygen atoms in total. The highest BCUT2D eigenvalue weighted by molar-refractivity contribution is 5.77. The standard InChI is InChI=1S/C11H15NO4/c1-11(15,10(13)14)7-12-8-5-3-4-6-9(8)16-2/h3-6,12,15H,7H2,1-2H3,(H,13,14). The van der Waals surface area contributed by atoms with E-state index in [4.69, 9.17) is 9.84 Å². The summed E-state index contributed by atoms with van der Waals surface area (Å²) < 4.78 is 5.08. The maximum Gasteiger partial charge on any atom is 0.337 e. The Labute approximate surface area is 93.7 Å². The summed E-state index contributed by atoms with van der Waals surface area (Å²) in [5, 5.41) is 21.1. The van der Waals surface area contributed by atoms with Crippen molar-refractivity contribution < 1.29 is 19.7 Å². The van der Waals surface area contributed by atoms with E-state index in [1.807, 2.05) is 0 Å². The van der Waals surface area contributed by atoms with Gasteiger partial charge in [-0.2, -0.15) is 0 Å². The molecule has 0 aliphatic rings. The Morgan fingerprint density at radius 1 is 1.50 bits per heavy atom. The van der Waals surface area contributed by atoms with Gasteiger partial charge in [-0.25, -0.2) is 4.79 Å². The van der Waals surface area contributed by atoms with Crippen molar-refractivity contribution in [1.82, 2.24) is 0 Å². The molecule has 0 spiro atoms. The van der Waals surface area contributed by atoms with Crippen molar-refractivity contribution in [2.75, 3.05) is 19.0 Å². The monoisotopic (exact) mass is 225 g/mol. The molecule has 3 N–H and O–H groups in total. The van der Waals surface area contributed by atoms with Crippen LogP contribution in [0, 0.1) is 0 Å². The smallest absolute Gasteiger partial charge is 0.337 e. The maximum atomic E-state index is 10.7. The number of carbonyl (C=O) groups is 1. The van der Waals surface area contributed by atoms with Gasteiger partial charge in [0.25, 0.3) is 0 Å². The van der Waals surface area contributed by atoms with E-state index in [1.54, 1.807) is 24.3 Å². The Morgan fingerprint density at radius 2 is 2.12 bits per heavy atom. The summed E-state index contributed by atoms with van der Waals surface area (Å²) >= 11 is 0. The molecule has 1 rings (SSSR count). The highest BCUT2D eigenvalue weighted by atomic mass is 16.5. The number of methoxy groups -OCH3 is 1. The van der Waals surface area contributed by atoms with Gasteiger partial charge in [0.15, 0.2) is 5.60 Å². The molecule has 0 heterocycles. The minimum absolute atomic E-state index is 0.0945. The lowest BCUT2D eigenvalue weighted by Crippen LogP contribution is -2.41. The van der Waals surface area contributed by atoms with Crippen LogP contribution in [0.1, 0.15) is 6.92 Å². The highest BCUT2D eigenvalue weighted by Gasteiger charge is 2.29. The van der Waals surface area contributed by atoms with Crippen molar-refractivity contribution in [3.63, 3.8) is 0 Å². The van der Waals surface area contributed by atoms with E-state index < -0.39 is 11.6 Å². The molecular weight excluding hydrogens is 210 g/mol. The summed E-state index contributed by atoms with van der Waals surface area (Å²) in [7, 11) is 1.52. The third-order valence-corrected chi connectivity index (χ3v) is 2.19. The van der Waals surface area contributed by atoms with Crippen molar-refractivity contribution in [1.29, 1.82) is 0 Å².